The van der Waals surface area contributed by atoms with Gasteiger partial charge in [0.15, 0.2) is 5.82 Å². The lowest BCUT2D eigenvalue weighted by molar-refractivity contribution is -0.119. The Hall–Kier alpha value is -3.81. The topological polar surface area (TPSA) is 113 Å². The summed E-state index contributed by atoms with van der Waals surface area (Å²) in [5.74, 6) is 0.338. The molecule has 0 bridgehead atoms. The summed E-state index contributed by atoms with van der Waals surface area (Å²) in [6, 6.07) is 13.4. The third kappa shape index (κ3) is 5.16. The fourth-order valence-electron chi connectivity index (χ4n) is 3.09. The molecule has 30 heavy (non-hydrogen) atoms. The van der Waals surface area contributed by atoms with Crippen LogP contribution in [0.3, 0.4) is 0 Å². The average molecular weight is 404 g/mol. The largest absolute Gasteiger partial charge is 0.365 e. The van der Waals surface area contributed by atoms with Crippen molar-refractivity contribution in [2.45, 2.75) is 26.7 Å². The summed E-state index contributed by atoms with van der Waals surface area (Å²) in [5.41, 5.74) is 2.03. The van der Waals surface area contributed by atoms with Gasteiger partial charge in [0.2, 0.25) is 5.91 Å². The van der Waals surface area contributed by atoms with E-state index in [0.29, 0.717) is 23.6 Å². The number of amidine groups is 1. The van der Waals surface area contributed by atoms with Crippen LogP contribution in [0.1, 0.15) is 23.7 Å². The molecular formula is C22H24N6O2. The zero-order valence-corrected chi connectivity index (χ0v) is 17.0. The van der Waals surface area contributed by atoms with Crippen LogP contribution in [-0.2, 0) is 17.6 Å². The molecule has 2 aromatic heterocycles. The van der Waals surface area contributed by atoms with Crippen molar-refractivity contribution in [3.8, 4) is 5.82 Å². The SMILES string of the molecule is CC(=N)NC(=O)Cc1cccnc1-n1c(C)cnc(NCCc2ccccc2)c1=O. The summed E-state index contributed by atoms with van der Waals surface area (Å²) in [5, 5.41) is 13.0. The van der Waals surface area contributed by atoms with Crippen LogP contribution in [0.2, 0.25) is 0 Å². The highest BCUT2D eigenvalue weighted by atomic mass is 16.1. The smallest absolute Gasteiger partial charge is 0.299 e. The van der Waals surface area contributed by atoms with Gasteiger partial charge in [0.1, 0.15) is 5.82 Å². The normalized spacial score (nSPS) is 10.5. The second-order valence-electron chi connectivity index (χ2n) is 6.89. The first-order valence-electron chi connectivity index (χ1n) is 9.61. The van der Waals surface area contributed by atoms with Gasteiger partial charge in [0.05, 0.1) is 12.3 Å². The molecule has 154 valence electrons. The summed E-state index contributed by atoms with van der Waals surface area (Å²) in [6.45, 7) is 3.82. The molecule has 3 aromatic rings. The molecule has 0 radical (unpaired) electrons. The molecular weight excluding hydrogens is 380 g/mol. The molecule has 0 aliphatic rings. The van der Waals surface area contributed by atoms with Crippen molar-refractivity contribution in [2.75, 3.05) is 11.9 Å². The maximum atomic E-state index is 13.1. The number of aryl methyl sites for hydroxylation is 1. The van der Waals surface area contributed by atoms with Crippen molar-refractivity contribution in [2.24, 2.45) is 0 Å². The minimum Gasteiger partial charge on any atom is -0.365 e. The van der Waals surface area contributed by atoms with Gasteiger partial charge in [0, 0.05) is 30.2 Å². The van der Waals surface area contributed by atoms with E-state index in [-0.39, 0.29) is 29.5 Å². The first-order chi connectivity index (χ1) is 14.5. The van der Waals surface area contributed by atoms with E-state index < -0.39 is 0 Å². The Morgan fingerprint density at radius 3 is 2.63 bits per heavy atom. The molecule has 0 aliphatic carbocycles. The summed E-state index contributed by atoms with van der Waals surface area (Å²) in [6.07, 6.45) is 3.94. The number of amides is 1. The summed E-state index contributed by atoms with van der Waals surface area (Å²) in [4.78, 5) is 33.8. The number of hydrogen-bond acceptors (Lipinski definition) is 6. The van der Waals surface area contributed by atoms with E-state index in [1.807, 2.05) is 30.3 Å². The number of aromatic nitrogens is 3. The number of hydrogen-bond donors (Lipinski definition) is 3. The Morgan fingerprint density at radius 1 is 1.13 bits per heavy atom. The number of nitrogens with zero attached hydrogens (tertiary/aromatic N) is 3. The van der Waals surface area contributed by atoms with Crippen molar-refractivity contribution < 1.29 is 4.79 Å². The summed E-state index contributed by atoms with van der Waals surface area (Å²) < 4.78 is 1.46. The summed E-state index contributed by atoms with van der Waals surface area (Å²) in [7, 11) is 0. The van der Waals surface area contributed by atoms with Crippen LogP contribution in [-0.4, -0.2) is 32.8 Å². The Kier molecular flexibility index (Phi) is 6.69. The number of nitrogens with one attached hydrogen (secondary N) is 3. The predicted molar refractivity (Wildman–Crippen MR) is 116 cm³/mol. The minimum atomic E-state index is -0.335. The molecule has 0 saturated heterocycles. The molecule has 0 fully saturated rings. The van der Waals surface area contributed by atoms with Gasteiger partial charge in [-0.1, -0.05) is 36.4 Å². The zero-order chi connectivity index (χ0) is 21.5. The lowest BCUT2D eigenvalue weighted by atomic mass is 10.1. The van der Waals surface area contributed by atoms with Crippen LogP contribution in [0.5, 0.6) is 0 Å². The van der Waals surface area contributed by atoms with Crippen molar-refractivity contribution in [3.05, 3.63) is 82.0 Å². The molecule has 0 spiro atoms. The van der Waals surface area contributed by atoms with Crippen LogP contribution in [0.15, 0.2) is 59.7 Å². The number of rotatable bonds is 7. The van der Waals surface area contributed by atoms with Gasteiger partial charge in [0.25, 0.3) is 5.56 Å². The van der Waals surface area contributed by atoms with Crippen LogP contribution in [0.25, 0.3) is 5.82 Å². The maximum Gasteiger partial charge on any atom is 0.299 e. The van der Waals surface area contributed by atoms with Gasteiger partial charge in [-0.25, -0.2) is 9.97 Å². The molecule has 1 aromatic carbocycles. The number of carbonyl (C=O) groups excluding carboxylic acids is 1. The molecule has 3 rings (SSSR count). The van der Waals surface area contributed by atoms with Crippen LogP contribution in [0, 0.1) is 12.3 Å². The van der Waals surface area contributed by atoms with Crippen LogP contribution in [0.4, 0.5) is 5.82 Å². The quantitative estimate of drug-likeness (QED) is 0.413. The monoisotopic (exact) mass is 404 g/mol. The van der Waals surface area contributed by atoms with Gasteiger partial charge in [-0.05, 0) is 31.9 Å². The number of anilines is 1. The average Bonchev–Trinajstić information content (AvgIpc) is 2.71. The third-order valence-corrected chi connectivity index (χ3v) is 4.45. The fourth-order valence-corrected chi connectivity index (χ4v) is 3.09. The van der Waals surface area contributed by atoms with Gasteiger partial charge in [-0.15, -0.1) is 0 Å². The molecule has 2 heterocycles. The van der Waals surface area contributed by atoms with Crippen molar-refractivity contribution in [1.82, 2.24) is 19.9 Å². The Bertz CT molecular complexity index is 1110. The molecule has 0 unspecified atom stereocenters. The first kappa shape index (κ1) is 20.9. The second kappa shape index (κ2) is 9.60. The van der Waals surface area contributed by atoms with E-state index >= 15 is 0 Å². The van der Waals surface area contributed by atoms with Gasteiger partial charge < -0.3 is 10.6 Å². The van der Waals surface area contributed by atoms with Gasteiger partial charge in [-0.3, -0.25) is 19.6 Å². The molecule has 0 aliphatic heterocycles. The van der Waals surface area contributed by atoms with Crippen LogP contribution < -0.4 is 16.2 Å². The third-order valence-electron chi connectivity index (χ3n) is 4.45. The van der Waals surface area contributed by atoms with E-state index in [1.165, 1.54) is 11.5 Å². The highest BCUT2D eigenvalue weighted by molar-refractivity contribution is 5.96. The van der Waals surface area contributed by atoms with E-state index in [4.69, 9.17) is 5.41 Å². The summed E-state index contributed by atoms with van der Waals surface area (Å²) >= 11 is 0. The standard InChI is InChI=1S/C22H24N6O2/c1-15-14-26-20(24-12-10-17-7-4-3-5-8-17)22(30)28(15)21-18(9-6-11-25-21)13-19(29)27-16(2)23/h3-9,11,14H,10,12-13H2,1-2H3,(H,24,26)(H2,23,27,29). The van der Waals surface area contributed by atoms with E-state index in [0.717, 1.165) is 12.0 Å². The number of benzene rings is 1. The Balaban J connectivity index is 1.86. The fraction of sp³-hybridized carbons (Fsp3) is 0.227. The lowest BCUT2D eigenvalue weighted by Crippen LogP contribution is -2.31. The van der Waals surface area contributed by atoms with E-state index in [1.54, 1.807) is 31.5 Å². The van der Waals surface area contributed by atoms with E-state index in [2.05, 4.69) is 20.6 Å². The van der Waals surface area contributed by atoms with E-state index in [9.17, 15) is 9.59 Å². The number of pyridine rings is 1. The van der Waals surface area contributed by atoms with Gasteiger partial charge >= 0.3 is 0 Å². The van der Waals surface area contributed by atoms with Gasteiger partial charge in [-0.2, -0.15) is 0 Å². The first-order valence-corrected chi connectivity index (χ1v) is 9.61. The zero-order valence-electron chi connectivity index (χ0n) is 17.0. The lowest BCUT2D eigenvalue weighted by Gasteiger charge is -2.15. The number of carbonyl (C=O) groups is 1. The Labute approximate surface area is 174 Å². The molecule has 3 N–H and O–H groups in total. The molecule has 1 amide bonds. The van der Waals surface area contributed by atoms with Crippen molar-refractivity contribution in [3.63, 3.8) is 0 Å². The minimum absolute atomic E-state index is 0.00433. The second-order valence-corrected chi connectivity index (χ2v) is 6.89. The molecule has 0 saturated carbocycles. The predicted octanol–water partition coefficient (Wildman–Crippen LogP) is 2.25. The highest BCUT2D eigenvalue weighted by Gasteiger charge is 2.16. The molecule has 8 heteroatoms. The highest BCUT2D eigenvalue weighted by Crippen LogP contribution is 2.13. The van der Waals surface area contributed by atoms with Crippen molar-refractivity contribution in [1.29, 1.82) is 5.41 Å². The molecule has 8 nitrogen and oxygen atoms in total. The van der Waals surface area contributed by atoms with Crippen LogP contribution >= 0.6 is 0 Å². The maximum absolute atomic E-state index is 13.1. The van der Waals surface area contributed by atoms with Crippen molar-refractivity contribution >= 4 is 17.6 Å². The molecule has 0 atom stereocenters. The Morgan fingerprint density at radius 2 is 1.90 bits per heavy atom.